The van der Waals surface area contributed by atoms with Gasteiger partial charge in [-0.2, -0.15) is 0 Å². The van der Waals surface area contributed by atoms with E-state index in [0.717, 1.165) is 31.6 Å². The highest BCUT2D eigenvalue weighted by atomic mass is 32.2. The zero-order valence-corrected chi connectivity index (χ0v) is 11.5. The molecule has 2 N–H and O–H groups in total. The number of aromatic nitrogens is 2. The topological polar surface area (TPSA) is 78.0 Å². The summed E-state index contributed by atoms with van der Waals surface area (Å²) in [7, 11) is -3.70. The van der Waals surface area contributed by atoms with E-state index in [1.54, 1.807) is 6.20 Å². The number of aryl methyl sites for hydroxylation is 1. The Hall–Kier alpha value is -0.880. The highest BCUT2D eigenvalue weighted by Gasteiger charge is 2.17. The van der Waals surface area contributed by atoms with Crippen LogP contribution in [-0.2, 0) is 16.6 Å². The first kappa shape index (κ1) is 14.2. The van der Waals surface area contributed by atoms with E-state index in [9.17, 15) is 8.42 Å². The molecular formula is C11H21N3O2S. The Morgan fingerprint density at radius 2 is 2.06 bits per heavy atom. The Morgan fingerprint density at radius 1 is 1.41 bits per heavy atom. The summed E-state index contributed by atoms with van der Waals surface area (Å²) in [5.74, 6) is 0.970. The molecule has 1 heterocycles. The van der Waals surface area contributed by atoms with Crippen molar-refractivity contribution >= 4 is 10.0 Å². The molecule has 0 radical (unpaired) electrons. The summed E-state index contributed by atoms with van der Waals surface area (Å²) in [5, 5.41) is 5.06. The molecule has 0 aliphatic carbocycles. The lowest BCUT2D eigenvalue weighted by atomic mass is 10.2. The maximum absolute atomic E-state index is 11.3. The molecule has 17 heavy (non-hydrogen) atoms. The van der Waals surface area contributed by atoms with Gasteiger partial charge in [0.2, 0.25) is 0 Å². The van der Waals surface area contributed by atoms with Crippen molar-refractivity contribution in [3.63, 3.8) is 0 Å². The molecule has 6 heteroatoms. The average Bonchev–Trinajstić information content (AvgIpc) is 2.61. The number of nitrogens with zero attached hydrogens (tertiary/aromatic N) is 2. The Balaban J connectivity index is 2.98. The van der Waals surface area contributed by atoms with Gasteiger partial charge in [0.1, 0.15) is 5.82 Å². The van der Waals surface area contributed by atoms with Crippen molar-refractivity contribution < 1.29 is 8.42 Å². The van der Waals surface area contributed by atoms with Gasteiger partial charge in [-0.3, -0.25) is 0 Å². The van der Waals surface area contributed by atoms with Crippen LogP contribution in [0.15, 0.2) is 11.2 Å². The van der Waals surface area contributed by atoms with Crippen molar-refractivity contribution in [1.82, 2.24) is 9.55 Å². The van der Waals surface area contributed by atoms with E-state index in [1.165, 1.54) is 0 Å². The minimum absolute atomic E-state index is 0.0299. The van der Waals surface area contributed by atoms with Gasteiger partial charge in [0.05, 0.1) is 0 Å². The standard InChI is InChI=1S/C11H21N3O2S/c1-4-5-6-7-14-8-10(17(12,15)16)13-11(14)9(2)3/h8-9H,4-7H2,1-3H3,(H2,12,15,16). The first-order valence-electron chi connectivity index (χ1n) is 5.96. The summed E-state index contributed by atoms with van der Waals surface area (Å²) in [6.45, 7) is 6.91. The minimum Gasteiger partial charge on any atom is -0.333 e. The molecule has 0 aliphatic rings. The molecular weight excluding hydrogens is 238 g/mol. The fourth-order valence-electron chi connectivity index (χ4n) is 1.71. The van der Waals surface area contributed by atoms with Crippen LogP contribution in [0.4, 0.5) is 0 Å². The van der Waals surface area contributed by atoms with E-state index in [-0.39, 0.29) is 10.9 Å². The van der Waals surface area contributed by atoms with Crippen molar-refractivity contribution in [3.05, 3.63) is 12.0 Å². The van der Waals surface area contributed by atoms with E-state index < -0.39 is 10.0 Å². The van der Waals surface area contributed by atoms with Gasteiger partial charge in [0.15, 0.2) is 5.03 Å². The molecule has 98 valence electrons. The lowest BCUT2D eigenvalue weighted by molar-refractivity contribution is 0.565. The second-order valence-corrected chi connectivity index (χ2v) is 6.05. The van der Waals surface area contributed by atoms with Crippen LogP contribution in [0.2, 0.25) is 0 Å². The third-order valence-corrected chi connectivity index (χ3v) is 3.38. The van der Waals surface area contributed by atoms with E-state index in [2.05, 4.69) is 11.9 Å². The van der Waals surface area contributed by atoms with Crippen molar-refractivity contribution in [1.29, 1.82) is 0 Å². The van der Waals surface area contributed by atoms with Crippen molar-refractivity contribution in [2.24, 2.45) is 5.14 Å². The fraction of sp³-hybridized carbons (Fsp3) is 0.727. The molecule has 1 aromatic rings. The van der Waals surface area contributed by atoms with Gasteiger partial charge >= 0.3 is 0 Å². The van der Waals surface area contributed by atoms with E-state index in [4.69, 9.17) is 5.14 Å². The highest BCUT2D eigenvalue weighted by molar-refractivity contribution is 7.89. The number of sulfonamides is 1. The van der Waals surface area contributed by atoms with Gasteiger partial charge in [-0.1, -0.05) is 33.6 Å². The lowest BCUT2D eigenvalue weighted by Crippen LogP contribution is -2.12. The maximum Gasteiger partial charge on any atom is 0.257 e. The average molecular weight is 259 g/mol. The number of nitrogens with two attached hydrogens (primary N) is 1. The Labute approximate surface area is 103 Å². The zero-order chi connectivity index (χ0) is 13.1. The number of hydrogen-bond donors (Lipinski definition) is 1. The molecule has 0 spiro atoms. The summed E-state index contributed by atoms with van der Waals surface area (Å²) in [6.07, 6.45) is 4.82. The van der Waals surface area contributed by atoms with Crippen molar-refractivity contribution in [2.45, 2.75) is 57.5 Å². The second kappa shape index (κ2) is 5.64. The third kappa shape index (κ3) is 3.81. The molecule has 5 nitrogen and oxygen atoms in total. The number of imidazole rings is 1. The van der Waals surface area contributed by atoms with Crippen LogP contribution in [0.3, 0.4) is 0 Å². The van der Waals surface area contributed by atoms with Crippen LogP contribution in [-0.4, -0.2) is 18.0 Å². The maximum atomic E-state index is 11.3. The van der Waals surface area contributed by atoms with E-state index in [0.29, 0.717) is 0 Å². The van der Waals surface area contributed by atoms with Gasteiger partial charge in [0.25, 0.3) is 10.0 Å². The van der Waals surface area contributed by atoms with Crippen LogP contribution in [0.1, 0.15) is 51.8 Å². The Morgan fingerprint density at radius 3 is 2.53 bits per heavy atom. The molecule has 0 amide bonds. The molecule has 0 atom stereocenters. The van der Waals surface area contributed by atoms with Gasteiger partial charge in [-0.15, -0.1) is 0 Å². The van der Waals surface area contributed by atoms with Gasteiger partial charge in [-0.05, 0) is 6.42 Å². The molecule has 0 aliphatic heterocycles. The Kier molecular flexibility index (Phi) is 4.70. The summed E-state index contributed by atoms with van der Waals surface area (Å²) in [4.78, 5) is 4.11. The number of primary sulfonamides is 1. The molecule has 0 aromatic carbocycles. The largest absolute Gasteiger partial charge is 0.333 e. The predicted octanol–water partition coefficient (Wildman–Crippen LogP) is 1.84. The monoisotopic (exact) mass is 259 g/mol. The highest BCUT2D eigenvalue weighted by Crippen LogP contribution is 2.17. The van der Waals surface area contributed by atoms with Crippen LogP contribution in [0.25, 0.3) is 0 Å². The van der Waals surface area contributed by atoms with Crippen molar-refractivity contribution in [3.8, 4) is 0 Å². The minimum atomic E-state index is -3.70. The van der Waals surface area contributed by atoms with Crippen molar-refractivity contribution in [2.75, 3.05) is 0 Å². The smallest absolute Gasteiger partial charge is 0.257 e. The molecule has 1 rings (SSSR count). The van der Waals surface area contributed by atoms with Crippen LogP contribution < -0.4 is 5.14 Å². The van der Waals surface area contributed by atoms with Crippen LogP contribution >= 0.6 is 0 Å². The lowest BCUT2D eigenvalue weighted by Gasteiger charge is -2.09. The molecule has 0 saturated heterocycles. The molecule has 1 aromatic heterocycles. The van der Waals surface area contributed by atoms with E-state index in [1.807, 2.05) is 18.4 Å². The Bertz CT molecular complexity index is 463. The number of unbranched alkanes of at least 4 members (excludes halogenated alkanes) is 2. The normalized spacial score (nSPS) is 12.3. The van der Waals surface area contributed by atoms with E-state index >= 15 is 0 Å². The molecule has 0 fully saturated rings. The first-order chi connectivity index (χ1) is 7.86. The predicted molar refractivity (Wildman–Crippen MR) is 67.2 cm³/mol. The number of hydrogen-bond acceptors (Lipinski definition) is 3. The molecule has 0 saturated carbocycles. The second-order valence-electron chi connectivity index (χ2n) is 4.54. The van der Waals surface area contributed by atoms with Crippen LogP contribution in [0, 0.1) is 0 Å². The summed E-state index contributed by atoms with van der Waals surface area (Å²) in [6, 6.07) is 0. The SMILES string of the molecule is CCCCCn1cc(S(N)(=O)=O)nc1C(C)C. The summed E-state index contributed by atoms with van der Waals surface area (Å²) in [5.41, 5.74) is 0. The summed E-state index contributed by atoms with van der Waals surface area (Å²) >= 11 is 0. The zero-order valence-electron chi connectivity index (χ0n) is 10.7. The molecule has 0 bridgehead atoms. The fourth-order valence-corrected chi connectivity index (χ4v) is 2.21. The first-order valence-corrected chi connectivity index (χ1v) is 7.50. The quantitative estimate of drug-likeness (QED) is 0.792. The van der Waals surface area contributed by atoms with Gasteiger partial charge in [-0.25, -0.2) is 18.5 Å². The van der Waals surface area contributed by atoms with Crippen LogP contribution in [0.5, 0.6) is 0 Å². The summed E-state index contributed by atoms with van der Waals surface area (Å²) < 4.78 is 24.4. The third-order valence-electron chi connectivity index (χ3n) is 2.60. The number of rotatable bonds is 6. The van der Waals surface area contributed by atoms with Gasteiger partial charge in [0, 0.05) is 18.7 Å². The molecule has 0 unspecified atom stereocenters. The van der Waals surface area contributed by atoms with Gasteiger partial charge < -0.3 is 4.57 Å².